The molecule has 0 saturated carbocycles. The van der Waals surface area contributed by atoms with E-state index in [9.17, 15) is 4.79 Å². The number of hydrogen-bond donors (Lipinski definition) is 1. The van der Waals surface area contributed by atoms with Crippen LogP contribution in [-0.2, 0) is 6.61 Å². The third-order valence-corrected chi connectivity index (χ3v) is 4.69. The van der Waals surface area contributed by atoms with Crippen molar-refractivity contribution < 1.29 is 9.53 Å². The third-order valence-electron chi connectivity index (χ3n) is 3.66. The van der Waals surface area contributed by atoms with Crippen LogP contribution in [0.1, 0.15) is 21.5 Å². The number of amides is 1. The van der Waals surface area contributed by atoms with Gasteiger partial charge in [0.15, 0.2) is 0 Å². The molecule has 0 fully saturated rings. The summed E-state index contributed by atoms with van der Waals surface area (Å²) in [4.78, 5) is 12.5. The van der Waals surface area contributed by atoms with Crippen LogP contribution in [0.4, 0.5) is 0 Å². The van der Waals surface area contributed by atoms with Gasteiger partial charge in [0.1, 0.15) is 12.4 Å². The molecule has 0 aliphatic carbocycles. The maximum absolute atomic E-state index is 12.5. The Morgan fingerprint density at radius 1 is 0.963 bits per heavy atom. The number of carbonyl (C=O) groups excluding carboxylic acids is 1. The van der Waals surface area contributed by atoms with E-state index in [-0.39, 0.29) is 5.91 Å². The standard InChI is InChI=1S/C21H16Br2N2O2/c22-17-10-8-15(9-11-17)13-24-25-21(26)19-6-1-2-7-20(19)27-14-16-4-3-5-18(23)12-16/h1-13H,14H2,(H,25,26)/b24-13+. The van der Waals surface area contributed by atoms with Crippen molar-refractivity contribution in [1.29, 1.82) is 0 Å². The number of rotatable bonds is 6. The van der Waals surface area contributed by atoms with Crippen LogP contribution in [0.25, 0.3) is 0 Å². The lowest BCUT2D eigenvalue weighted by molar-refractivity contribution is 0.0950. The van der Waals surface area contributed by atoms with Crippen LogP contribution in [-0.4, -0.2) is 12.1 Å². The van der Waals surface area contributed by atoms with E-state index in [1.807, 2.05) is 54.6 Å². The minimum absolute atomic E-state index is 0.326. The van der Waals surface area contributed by atoms with Gasteiger partial charge in [-0.2, -0.15) is 5.10 Å². The molecule has 0 atom stereocenters. The number of ether oxygens (including phenoxy) is 1. The molecule has 3 rings (SSSR count). The molecule has 0 spiro atoms. The molecule has 0 unspecified atom stereocenters. The van der Waals surface area contributed by atoms with Gasteiger partial charge in [-0.05, 0) is 47.5 Å². The first-order valence-corrected chi connectivity index (χ1v) is 9.76. The molecule has 3 aromatic rings. The number of carbonyl (C=O) groups is 1. The maximum Gasteiger partial charge on any atom is 0.275 e. The molecule has 4 nitrogen and oxygen atoms in total. The smallest absolute Gasteiger partial charge is 0.275 e. The fraction of sp³-hybridized carbons (Fsp3) is 0.0476. The van der Waals surface area contributed by atoms with Gasteiger partial charge in [0.25, 0.3) is 5.91 Å². The normalized spacial score (nSPS) is 10.7. The first kappa shape index (κ1) is 19.3. The van der Waals surface area contributed by atoms with Gasteiger partial charge in [0.2, 0.25) is 0 Å². The molecule has 0 heterocycles. The Morgan fingerprint density at radius 3 is 2.52 bits per heavy atom. The maximum atomic E-state index is 12.5. The SMILES string of the molecule is O=C(N/N=C/c1ccc(Br)cc1)c1ccccc1OCc1cccc(Br)c1. The second kappa shape index (κ2) is 9.48. The highest BCUT2D eigenvalue weighted by Gasteiger charge is 2.11. The number of nitrogens with one attached hydrogen (secondary N) is 1. The van der Waals surface area contributed by atoms with Gasteiger partial charge in [-0.1, -0.05) is 68.3 Å². The predicted molar refractivity (Wildman–Crippen MR) is 114 cm³/mol. The van der Waals surface area contributed by atoms with E-state index in [0.29, 0.717) is 17.9 Å². The predicted octanol–water partition coefficient (Wildman–Crippen LogP) is 5.55. The van der Waals surface area contributed by atoms with E-state index in [4.69, 9.17) is 4.74 Å². The van der Waals surface area contributed by atoms with Crippen molar-refractivity contribution in [3.05, 3.63) is 98.4 Å². The van der Waals surface area contributed by atoms with Crippen LogP contribution in [0.15, 0.2) is 86.8 Å². The van der Waals surface area contributed by atoms with E-state index in [1.54, 1.807) is 24.4 Å². The molecule has 0 bridgehead atoms. The highest BCUT2D eigenvalue weighted by molar-refractivity contribution is 9.10. The van der Waals surface area contributed by atoms with Crippen LogP contribution >= 0.6 is 31.9 Å². The van der Waals surface area contributed by atoms with Gasteiger partial charge in [-0.15, -0.1) is 0 Å². The van der Waals surface area contributed by atoms with Crippen molar-refractivity contribution in [1.82, 2.24) is 5.43 Å². The van der Waals surface area contributed by atoms with E-state index in [0.717, 1.165) is 20.1 Å². The van der Waals surface area contributed by atoms with E-state index < -0.39 is 0 Å². The van der Waals surface area contributed by atoms with Crippen LogP contribution in [0.3, 0.4) is 0 Å². The molecule has 1 N–H and O–H groups in total. The average Bonchev–Trinajstić information content (AvgIpc) is 2.68. The fourth-order valence-corrected chi connectivity index (χ4v) is 3.05. The van der Waals surface area contributed by atoms with Crippen LogP contribution in [0.2, 0.25) is 0 Å². The highest BCUT2D eigenvalue weighted by atomic mass is 79.9. The fourth-order valence-electron chi connectivity index (χ4n) is 2.34. The first-order valence-electron chi connectivity index (χ1n) is 8.17. The molecule has 0 saturated heterocycles. The quantitative estimate of drug-likeness (QED) is 0.365. The number of nitrogens with zero attached hydrogens (tertiary/aromatic N) is 1. The zero-order valence-corrected chi connectivity index (χ0v) is 17.4. The molecule has 136 valence electrons. The monoisotopic (exact) mass is 486 g/mol. The number of benzene rings is 3. The average molecular weight is 488 g/mol. The van der Waals surface area contributed by atoms with Crippen molar-refractivity contribution in [2.45, 2.75) is 6.61 Å². The van der Waals surface area contributed by atoms with Crippen molar-refractivity contribution in [2.24, 2.45) is 5.10 Å². The lowest BCUT2D eigenvalue weighted by Gasteiger charge is -2.10. The van der Waals surface area contributed by atoms with Crippen molar-refractivity contribution in [3.8, 4) is 5.75 Å². The lowest BCUT2D eigenvalue weighted by atomic mass is 10.2. The minimum atomic E-state index is -0.326. The molecule has 0 aromatic heterocycles. The van der Waals surface area contributed by atoms with Crippen LogP contribution in [0, 0.1) is 0 Å². The molecule has 6 heteroatoms. The van der Waals surface area contributed by atoms with Crippen molar-refractivity contribution in [2.75, 3.05) is 0 Å². The van der Waals surface area contributed by atoms with Gasteiger partial charge in [-0.25, -0.2) is 5.43 Å². The summed E-state index contributed by atoms with van der Waals surface area (Å²) in [6, 6.07) is 22.6. The molecule has 0 radical (unpaired) electrons. The van der Waals surface area contributed by atoms with E-state index in [1.165, 1.54) is 0 Å². The summed E-state index contributed by atoms with van der Waals surface area (Å²) in [5.41, 5.74) is 4.87. The summed E-state index contributed by atoms with van der Waals surface area (Å²) in [6.45, 7) is 0.367. The molecule has 3 aromatic carbocycles. The second-order valence-corrected chi connectivity index (χ2v) is 7.50. The molecule has 1 amide bonds. The van der Waals surface area contributed by atoms with Gasteiger partial charge < -0.3 is 4.74 Å². The van der Waals surface area contributed by atoms with Crippen molar-refractivity contribution in [3.63, 3.8) is 0 Å². The number of hydrazone groups is 1. The summed E-state index contributed by atoms with van der Waals surface area (Å²) < 4.78 is 7.81. The van der Waals surface area contributed by atoms with Gasteiger partial charge in [-0.3, -0.25) is 4.79 Å². The molecular formula is C21H16Br2N2O2. The second-order valence-electron chi connectivity index (χ2n) is 5.67. The number of hydrogen-bond acceptors (Lipinski definition) is 3. The Kier molecular flexibility index (Phi) is 6.79. The van der Waals surface area contributed by atoms with Gasteiger partial charge >= 0.3 is 0 Å². The minimum Gasteiger partial charge on any atom is -0.488 e. The van der Waals surface area contributed by atoms with Crippen LogP contribution < -0.4 is 10.2 Å². The zero-order valence-electron chi connectivity index (χ0n) is 14.2. The summed E-state index contributed by atoms with van der Waals surface area (Å²) in [6.07, 6.45) is 1.59. The number of halogens is 2. The largest absolute Gasteiger partial charge is 0.488 e. The molecule has 0 aliphatic rings. The lowest BCUT2D eigenvalue weighted by Crippen LogP contribution is -2.18. The molecular weight excluding hydrogens is 472 g/mol. The summed E-state index contributed by atoms with van der Waals surface area (Å²) in [7, 11) is 0. The Hall–Kier alpha value is -2.44. The zero-order chi connectivity index (χ0) is 19.1. The third kappa shape index (κ3) is 5.77. The molecule has 27 heavy (non-hydrogen) atoms. The summed E-state index contributed by atoms with van der Waals surface area (Å²) in [5.74, 6) is 0.182. The van der Waals surface area contributed by atoms with E-state index >= 15 is 0 Å². The summed E-state index contributed by atoms with van der Waals surface area (Å²) in [5, 5.41) is 4.02. The van der Waals surface area contributed by atoms with Gasteiger partial charge in [0, 0.05) is 8.95 Å². The Labute approximate surface area is 174 Å². The Balaban J connectivity index is 1.65. The summed E-state index contributed by atoms with van der Waals surface area (Å²) >= 11 is 6.82. The topological polar surface area (TPSA) is 50.7 Å². The first-order chi connectivity index (χ1) is 13.1. The highest BCUT2D eigenvalue weighted by Crippen LogP contribution is 2.20. The van der Waals surface area contributed by atoms with Crippen molar-refractivity contribution >= 4 is 44.0 Å². The number of para-hydroxylation sites is 1. The van der Waals surface area contributed by atoms with E-state index in [2.05, 4.69) is 42.4 Å². The molecule has 0 aliphatic heterocycles. The van der Waals surface area contributed by atoms with Gasteiger partial charge in [0.05, 0.1) is 11.8 Å². The van der Waals surface area contributed by atoms with Crippen LogP contribution in [0.5, 0.6) is 5.75 Å². The Morgan fingerprint density at radius 2 is 1.74 bits per heavy atom. The Bertz CT molecular complexity index is 956.